The summed E-state index contributed by atoms with van der Waals surface area (Å²) in [6.45, 7) is 4.07. The van der Waals surface area contributed by atoms with E-state index in [0.717, 1.165) is 31.7 Å². The molecule has 0 aromatic heterocycles. The van der Waals surface area contributed by atoms with Crippen molar-refractivity contribution in [2.24, 2.45) is 0 Å². The summed E-state index contributed by atoms with van der Waals surface area (Å²) in [5.74, 6) is 1.40. The number of amides is 1. The van der Waals surface area contributed by atoms with Crippen LogP contribution in [0.15, 0.2) is 0 Å². The summed E-state index contributed by atoms with van der Waals surface area (Å²) in [5, 5.41) is 6.71. The van der Waals surface area contributed by atoms with Crippen molar-refractivity contribution in [1.29, 1.82) is 0 Å². The minimum atomic E-state index is -0.00487. The summed E-state index contributed by atoms with van der Waals surface area (Å²) in [7, 11) is 0. The topological polar surface area (TPSA) is 41.1 Å². The smallest absolute Gasteiger partial charge is 0.233 e. The Hall–Kier alpha value is -0.220. The Morgan fingerprint density at radius 1 is 1.53 bits per heavy atom. The number of hydrogen-bond donors (Lipinski definition) is 2. The van der Waals surface area contributed by atoms with Gasteiger partial charge in [0.05, 0.1) is 10.8 Å². The van der Waals surface area contributed by atoms with Gasteiger partial charge in [-0.25, -0.2) is 0 Å². The minimum absolute atomic E-state index is 0.00487. The van der Waals surface area contributed by atoms with Gasteiger partial charge in [-0.3, -0.25) is 4.79 Å². The quantitative estimate of drug-likeness (QED) is 0.745. The van der Waals surface area contributed by atoms with Crippen LogP contribution >= 0.6 is 11.8 Å². The molecule has 0 spiro atoms. The monoisotopic (exact) mass is 228 g/mol. The lowest BCUT2D eigenvalue weighted by Gasteiger charge is -2.28. The highest BCUT2D eigenvalue weighted by molar-refractivity contribution is 8.00. The molecule has 2 aliphatic heterocycles. The van der Waals surface area contributed by atoms with Crippen molar-refractivity contribution in [2.45, 2.75) is 43.4 Å². The molecule has 1 amide bonds. The van der Waals surface area contributed by atoms with Gasteiger partial charge in [0.15, 0.2) is 0 Å². The first-order valence-electron chi connectivity index (χ1n) is 5.84. The molecule has 2 unspecified atom stereocenters. The lowest BCUT2D eigenvalue weighted by molar-refractivity contribution is -0.122. The fourth-order valence-corrected chi connectivity index (χ4v) is 3.45. The van der Waals surface area contributed by atoms with Crippen molar-refractivity contribution >= 4 is 17.7 Å². The van der Waals surface area contributed by atoms with Gasteiger partial charge in [-0.05, 0) is 38.5 Å². The van der Waals surface area contributed by atoms with E-state index in [9.17, 15) is 4.79 Å². The minimum Gasteiger partial charge on any atom is -0.349 e. The van der Waals surface area contributed by atoms with Crippen molar-refractivity contribution < 1.29 is 4.79 Å². The van der Waals surface area contributed by atoms with Crippen molar-refractivity contribution in [3.63, 3.8) is 0 Å². The van der Waals surface area contributed by atoms with Crippen LogP contribution in [-0.4, -0.2) is 35.5 Å². The summed E-state index contributed by atoms with van der Waals surface area (Å²) in [5.41, 5.74) is -0.00487. The summed E-state index contributed by atoms with van der Waals surface area (Å²) >= 11 is 1.82. The zero-order valence-corrected chi connectivity index (χ0v) is 10.2. The van der Waals surface area contributed by atoms with Gasteiger partial charge in [0, 0.05) is 6.54 Å². The Kier molecular flexibility index (Phi) is 3.57. The Morgan fingerprint density at radius 3 is 3.00 bits per heavy atom. The maximum Gasteiger partial charge on any atom is 0.233 e. The molecule has 0 radical (unpaired) electrons. The van der Waals surface area contributed by atoms with Crippen LogP contribution in [0.2, 0.25) is 0 Å². The molecule has 86 valence electrons. The van der Waals surface area contributed by atoms with E-state index in [1.807, 2.05) is 11.8 Å². The largest absolute Gasteiger partial charge is 0.349 e. The first kappa shape index (κ1) is 11.3. The molecular weight excluding hydrogens is 208 g/mol. The average molecular weight is 228 g/mol. The van der Waals surface area contributed by atoms with Gasteiger partial charge in [0.2, 0.25) is 5.91 Å². The Balaban J connectivity index is 1.85. The van der Waals surface area contributed by atoms with Crippen LogP contribution in [0.25, 0.3) is 0 Å². The van der Waals surface area contributed by atoms with Crippen LogP contribution in [0.4, 0.5) is 0 Å². The number of carbonyl (C=O) groups excluding carboxylic acids is 1. The van der Waals surface area contributed by atoms with Crippen LogP contribution < -0.4 is 10.6 Å². The summed E-state index contributed by atoms with van der Waals surface area (Å²) < 4.78 is 0. The van der Waals surface area contributed by atoms with E-state index in [0.29, 0.717) is 0 Å². The zero-order chi connectivity index (χ0) is 10.7. The molecule has 2 heterocycles. The molecular formula is C11H20N2OS. The normalized spacial score (nSPS) is 36.5. The van der Waals surface area contributed by atoms with E-state index in [1.54, 1.807) is 0 Å². The molecule has 2 fully saturated rings. The van der Waals surface area contributed by atoms with E-state index >= 15 is 0 Å². The number of rotatable bonds is 2. The second-order valence-electron chi connectivity index (χ2n) is 4.83. The molecule has 2 rings (SSSR count). The summed E-state index contributed by atoms with van der Waals surface area (Å²) in [4.78, 5) is 12.0. The third-order valence-corrected chi connectivity index (χ3v) is 4.64. The van der Waals surface area contributed by atoms with E-state index in [-0.39, 0.29) is 16.7 Å². The fourth-order valence-electron chi connectivity index (χ4n) is 2.25. The van der Waals surface area contributed by atoms with Crippen molar-refractivity contribution in [3.8, 4) is 0 Å². The van der Waals surface area contributed by atoms with Crippen LogP contribution in [-0.2, 0) is 4.79 Å². The Morgan fingerprint density at radius 2 is 2.40 bits per heavy atom. The molecule has 0 aromatic carbocycles. The van der Waals surface area contributed by atoms with E-state index in [1.165, 1.54) is 12.8 Å². The molecule has 0 bridgehead atoms. The molecule has 0 aromatic rings. The molecule has 0 aliphatic carbocycles. The maximum atomic E-state index is 12.0. The van der Waals surface area contributed by atoms with Gasteiger partial charge in [0.25, 0.3) is 0 Å². The number of carbonyl (C=O) groups is 1. The van der Waals surface area contributed by atoms with Gasteiger partial charge >= 0.3 is 0 Å². The van der Waals surface area contributed by atoms with Crippen LogP contribution in [0, 0.1) is 0 Å². The second-order valence-corrected chi connectivity index (χ2v) is 6.14. The second kappa shape index (κ2) is 4.74. The van der Waals surface area contributed by atoms with Crippen LogP contribution in [0.1, 0.15) is 32.6 Å². The average Bonchev–Trinajstić information content (AvgIpc) is 2.66. The molecule has 2 aliphatic rings. The number of hydrogen-bond acceptors (Lipinski definition) is 3. The first-order chi connectivity index (χ1) is 7.20. The molecule has 15 heavy (non-hydrogen) atoms. The van der Waals surface area contributed by atoms with Gasteiger partial charge in [-0.15, -0.1) is 11.8 Å². The van der Waals surface area contributed by atoms with Crippen LogP contribution in [0.3, 0.4) is 0 Å². The third kappa shape index (κ3) is 2.88. The third-order valence-electron chi connectivity index (χ3n) is 3.27. The summed E-state index contributed by atoms with van der Waals surface area (Å²) in [6, 6.07) is 0. The van der Waals surface area contributed by atoms with Crippen molar-refractivity contribution in [2.75, 3.05) is 18.8 Å². The standard InChI is InChI=1S/C11H20N2OS/c1-11(5-6-12-8-11)13-10(14)9-4-2-3-7-15-9/h9,12H,2-8H2,1H3,(H,13,14). The molecule has 0 saturated carbocycles. The highest BCUT2D eigenvalue weighted by Crippen LogP contribution is 2.26. The predicted octanol–water partition coefficient (Wildman–Crippen LogP) is 1.14. The molecule has 2 saturated heterocycles. The van der Waals surface area contributed by atoms with Gasteiger partial charge in [0.1, 0.15) is 0 Å². The Labute approximate surface area is 95.8 Å². The number of thioether (sulfide) groups is 1. The Bertz CT molecular complexity index is 233. The fraction of sp³-hybridized carbons (Fsp3) is 0.909. The van der Waals surface area contributed by atoms with Gasteiger partial charge < -0.3 is 10.6 Å². The van der Waals surface area contributed by atoms with E-state index in [4.69, 9.17) is 0 Å². The molecule has 4 heteroatoms. The van der Waals surface area contributed by atoms with E-state index in [2.05, 4.69) is 17.6 Å². The molecule has 3 nitrogen and oxygen atoms in total. The van der Waals surface area contributed by atoms with Gasteiger partial charge in [-0.2, -0.15) is 0 Å². The molecule has 2 atom stereocenters. The SMILES string of the molecule is CC1(NC(=O)C2CCCCS2)CCNC1. The zero-order valence-electron chi connectivity index (χ0n) is 9.34. The highest BCUT2D eigenvalue weighted by Gasteiger charge is 2.32. The van der Waals surface area contributed by atoms with Gasteiger partial charge in [-0.1, -0.05) is 6.42 Å². The summed E-state index contributed by atoms with van der Waals surface area (Å²) in [6.07, 6.45) is 4.59. The predicted molar refractivity (Wildman–Crippen MR) is 64.1 cm³/mol. The van der Waals surface area contributed by atoms with Crippen LogP contribution in [0.5, 0.6) is 0 Å². The van der Waals surface area contributed by atoms with Crippen molar-refractivity contribution in [3.05, 3.63) is 0 Å². The lowest BCUT2D eigenvalue weighted by atomic mass is 10.0. The number of nitrogens with one attached hydrogen (secondary N) is 2. The lowest BCUT2D eigenvalue weighted by Crippen LogP contribution is -2.50. The molecule has 2 N–H and O–H groups in total. The highest BCUT2D eigenvalue weighted by atomic mass is 32.2. The van der Waals surface area contributed by atoms with E-state index < -0.39 is 0 Å². The first-order valence-corrected chi connectivity index (χ1v) is 6.89. The van der Waals surface area contributed by atoms with Crippen molar-refractivity contribution in [1.82, 2.24) is 10.6 Å². The maximum absolute atomic E-state index is 12.0.